The summed E-state index contributed by atoms with van der Waals surface area (Å²) >= 11 is 0. The number of carbonyl (C=O) groups excluding carboxylic acids is 3. The molecule has 0 radical (unpaired) electrons. The molecule has 3 aromatic carbocycles. The van der Waals surface area contributed by atoms with Crippen molar-refractivity contribution in [2.24, 2.45) is 0 Å². The average Bonchev–Trinajstić information content (AvgIpc) is 3.62. The van der Waals surface area contributed by atoms with Crippen LogP contribution < -0.4 is 5.32 Å². The predicted octanol–water partition coefficient (Wildman–Crippen LogP) is 4.40. The van der Waals surface area contributed by atoms with Gasteiger partial charge in [-0.25, -0.2) is 4.79 Å². The highest BCUT2D eigenvalue weighted by Crippen LogP contribution is 2.25. The second-order valence-corrected chi connectivity index (χ2v) is 7.72. The lowest BCUT2D eigenvalue weighted by atomic mass is 9.97. The molecule has 0 heterocycles. The van der Waals surface area contributed by atoms with Crippen LogP contribution in [0.5, 0.6) is 0 Å². The van der Waals surface area contributed by atoms with Crippen LogP contribution >= 0.6 is 0 Å². The van der Waals surface area contributed by atoms with Crippen molar-refractivity contribution in [3.63, 3.8) is 0 Å². The fraction of sp³-hybridized carbons (Fsp3) is 0.192. The molecule has 1 amide bonds. The van der Waals surface area contributed by atoms with Crippen molar-refractivity contribution >= 4 is 17.7 Å². The Balaban J connectivity index is 1.61. The molecule has 1 aliphatic carbocycles. The first-order chi connectivity index (χ1) is 15.0. The Morgan fingerprint density at radius 2 is 1.45 bits per heavy atom. The van der Waals surface area contributed by atoms with Gasteiger partial charge in [-0.3, -0.25) is 9.59 Å². The molecule has 156 valence electrons. The number of ether oxygens (including phenoxy) is 1. The SMILES string of the molecule is Cc1ccc(C(=O)c2ccccc2C(=O)OC(C(=O)NC2CC2)c2ccccc2)cc1. The molecule has 1 unspecified atom stereocenters. The summed E-state index contributed by atoms with van der Waals surface area (Å²) in [5, 5.41) is 2.89. The van der Waals surface area contributed by atoms with Gasteiger partial charge in [0.1, 0.15) is 0 Å². The molecule has 4 rings (SSSR count). The number of benzene rings is 3. The molecule has 0 aliphatic heterocycles. The number of esters is 1. The van der Waals surface area contributed by atoms with Crippen LogP contribution in [0.3, 0.4) is 0 Å². The van der Waals surface area contributed by atoms with Gasteiger partial charge in [-0.1, -0.05) is 78.4 Å². The first kappa shape index (κ1) is 20.5. The third kappa shape index (κ3) is 4.89. The van der Waals surface area contributed by atoms with E-state index in [9.17, 15) is 14.4 Å². The molecule has 31 heavy (non-hydrogen) atoms. The average molecular weight is 413 g/mol. The lowest BCUT2D eigenvalue weighted by Gasteiger charge is -2.19. The Hall–Kier alpha value is -3.73. The van der Waals surface area contributed by atoms with Gasteiger partial charge in [-0.15, -0.1) is 0 Å². The maximum Gasteiger partial charge on any atom is 0.340 e. The number of hydrogen-bond acceptors (Lipinski definition) is 4. The number of nitrogens with one attached hydrogen (secondary N) is 1. The van der Waals surface area contributed by atoms with Crippen molar-refractivity contribution in [2.45, 2.75) is 31.9 Å². The quantitative estimate of drug-likeness (QED) is 0.460. The topological polar surface area (TPSA) is 72.5 Å². The van der Waals surface area contributed by atoms with Crippen LogP contribution in [0.2, 0.25) is 0 Å². The summed E-state index contributed by atoms with van der Waals surface area (Å²) in [4.78, 5) is 38.9. The third-order valence-electron chi connectivity index (χ3n) is 5.19. The van der Waals surface area contributed by atoms with Gasteiger partial charge in [0.25, 0.3) is 5.91 Å². The van der Waals surface area contributed by atoms with Crippen molar-refractivity contribution in [2.75, 3.05) is 0 Å². The Kier molecular flexibility index (Phi) is 5.94. The van der Waals surface area contributed by atoms with Crippen LogP contribution in [0.1, 0.15) is 56.4 Å². The predicted molar refractivity (Wildman–Crippen MR) is 117 cm³/mol. The van der Waals surface area contributed by atoms with Crippen molar-refractivity contribution in [3.8, 4) is 0 Å². The van der Waals surface area contributed by atoms with Crippen LogP contribution in [0.4, 0.5) is 0 Å². The summed E-state index contributed by atoms with van der Waals surface area (Å²) in [5.41, 5.74) is 2.48. The minimum atomic E-state index is -1.09. The second kappa shape index (κ2) is 8.96. The zero-order valence-electron chi connectivity index (χ0n) is 17.2. The lowest BCUT2D eigenvalue weighted by molar-refractivity contribution is -0.130. The summed E-state index contributed by atoms with van der Waals surface area (Å²) in [6, 6.07) is 22.7. The van der Waals surface area contributed by atoms with Crippen molar-refractivity contribution in [3.05, 3.63) is 107 Å². The van der Waals surface area contributed by atoms with Gasteiger partial charge < -0.3 is 10.1 Å². The maximum atomic E-state index is 13.1. The van der Waals surface area contributed by atoms with Gasteiger partial charge in [-0.05, 0) is 25.8 Å². The summed E-state index contributed by atoms with van der Waals surface area (Å²) in [6.07, 6.45) is 0.765. The number of rotatable bonds is 7. The van der Waals surface area contributed by atoms with Gasteiger partial charge in [0.15, 0.2) is 5.78 Å². The number of carbonyl (C=O) groups is 3. The zero-order valence-corrected chi connectivity index (χ0v) is 17.2. The molecule has 1 saturated carbocycles. The molecule has 1 fully saturated rings. The van der Waals surface area contributed by atoms with E-state index in [1.807, 2.05) is 25.1 Å². The first-order valence-electron chi connectivity index (χ1n) is 10.3. The highest BCUT2D eigenvalue weighted by molar-refractivity contribution is 6.14. The Bertz CT molecular complexity index is 1100. The van der Waals surface area contributed by atoms with Crippen molar-refractivity contribution < 1.29 is 19.1 Å². The minimum absolute atomic E-state index is 0.132. The molecule has 1 N–H and O–H groups in total. The molecule has 0 bridgehead atoms. The highest BCUT2D eigenvalue weighted by Gasteiger charge is 2.32. The van der Waals surface area contributed by atoms with E-state index >= 15 is 0 Å². The minimum Gasteiger partial charge on any atom is -0.444 e. The van der Waals surface area contributed by atoms with E-state index in [1.54, 1.807) is 60.7 Å². The summed E-state index contributed by atoms with van der Waals surface area (Å²) in [5.74, 6) is -1.34. The molecule has 0 aromatic heterocycles. The van der Waals surface area contributed by atoms with E-state index in [2.05, 4.69) is 5.32 Å². The molecule has 5 heteroatoms. The summed E-state index contributed by atoms with van der Waals surface area (Å²) in [7, 11) is 0. The van der Waals surface area contributed by atoms with Crippen LogP contribution in [0, 0.1) is 6.92 Å². The third-order valence-corrected chi connectivity index (χ3v) is 5.19. The molecule has 5 nitrogen and oxygen atoms in total. The molecule has 3 aromatic rings. The van der Waals surface area contributed by atoms with Gasteiger partial charge in [0.2, 0.25) is 6.10 Å². The van der Waals surface area contributed by atoms with E-state index in [0.29, 0.717) is 11.1 Å². The van der Waals surface area contributed by atoms with E-state index in [0.717, 1.165) is 18.4 Å². The van der Waals surface area contributed by atoms with E-state index in [1.165, 1.54) is 0 Å². The van der Waals surface area contributed by atoms with Crippen LogP contribution in [0.15, 0.2) is 78.9 Å². The molecular formula is C26H23NO4. The monoisotopic (exact) mass is 413 g/mol. The van der Waals surface area contributed by atoms with Crippen LogP contribution in [-0.2, 0) is 9.53 Å². The van der Waals surface area contributed by atoms with Gasteiger partial charge >= 0.3 is 5.97 Å². The standard InChI is InChI=1S/C26H23NO4/c1-17-11-13-18(14-12-17)23(28)21-9-5-6-10-22(21)26(30)31-24(19-7-3-2-4-8-19)25(29)27-20-15-16-20/h2-14,20,24H,15-16H2,1H3,(H,27,29). The number of aryl methyl sites for hydroxylation is 1. The molecular weight excluding hydrogens is 390 g/mol. The van der Waals surface area contributed by atoms with Crippen LogP contribution in [-0.4, -0.2) is 23.7 Å². The van der Waals surface area contributed by atoms with E-state index in [-0.39, 0.29) is 28.9 Å². The normalized spacial score (nSPS) is 13.8. The van der Waals surface area contributed by atoms with E-state index in [4.69, 9.17) is 4.74 Å². The Morgan fingerprint density at radius 3 is 2.10 bits per heavy atom. The number of amides is 1. The largest absolute Gasteiger partial charge is 0.444 e. The second-order valence-electron chi connectivity index (χ2n) is 7.72. The number of hydrogen-bond donors (Lipinski definition) is 1. The Labute approximate surface area is 181 Å². The summed E-state index contributed by atoms with van der Waals surface area (Å²) < 4.78 is 5.66. The molecule has 1 atom stereocenters. The fourth-order valence-corrected chi connectivity index (χ4v) is 3.30. The van der Waals surface area contributed by atoms with Gasteiger partial charge in [0, 0.05) is 22.7 Å². The van der Waals surface area contributed by atoms with Crippen LogP contribution in [0.25, 0.3) is 0 Å². The van der Waals surface area contributed by atoms with Crippen molar-refractivity contribution in [1.29, 1.82) is 0 Å². The van der Waals surface area contributed by atoms with Crippen molar-refractivity contribution in [1.82, 2.24) is 5.32 Å². The first-order valence-corrected chi connectivity index (χ1v) is 10.3. The lowest BCUT2D eigenvalue weighted by Crippen LogP contribution is -2.33. The van der Waals surface area contributed by atoms with E-state index < -0.39 is 12.1 Å². The fourth-order valence-electron chi connectivity index (χ4n) is 3.30. The maximum absolute atomic E-state index is 13.1. The molecule has 0 spiro atoms. The highest BCUT2D eigenvalue weighted by atomic mass is 16.5. The Morgan fingerprint density at radius 1 is 0.839 bits per heavy atom. The number of ketones is 1. The van der Waals surface area contributed by atoms with Gasteiger partial charge in [0.05, 0.1) is 5.56 Å². The zero-order chi connectivity index (χ0) is 21.8. The molecule has 0 saturated heterocycles. The summed E-state index contributed by atoms with van der Waals surface area (Å²) in [6.45, 7) is 1.94. The molecule has 1 aliphatic rings. The smallest absolute Gasteiger partial charge is 0.340 e. The van der Waals surface area contributed by atoms with Gasteiger partial charge in [-0.2, -0.15) is 0 Å².